The molecule has 2 nitrogen and oxygen atoms in total. The Kier molecular flexibility index (Phi) is 1.46. The van der Waals surface area contributed by atoms with E-state index < -0.39 is 0 Å². The van der Waals surface area contributed by atoms with Crippen LogP contribution in [0.5, 0.6) is 0 Å². The average molecular weight is 142 g/mol. The van der Waals surface area contributed by atoms with Gasteiger partial charge in [0.1, 0.15) is 0 Å². The van der Waals surface area contributed by atoms with Crippen LogP contribution in [0.25, 0.3) is 0 Å². The third kappa shape index (κ3) is 0.722. The van der Waals surface area contributed by atoms with E-state index in [1.165, 1.54) is 12.8 Å². The number of ether oxygens (including phenoxy) is 1. The van der Waals surface area contributed by atoms with E-state index in [0.29, 0.717) is 17.9 Å². The van der Waals surface area contributed by atoms with Gasteiger partial charge in [-0.3, -0.25) is 0 Å². The van der Waals surface area contributed by atoms with Crippen molar-refractivity contribution in [2.24, 2.45) is 11.8 Å². The minimum Gasteiger partial charge on any atom is -0.393 e. The van der Waals surface area contributed by atoms with Gasteiger partial charge in [-0.15, -0.1) is 0 Å². The maximum Gasteiger partial charge on any atom is 0.0653 e. The Morgan fingerprint density at radius 2 is 2.20 bits per heavy atom. The van der Waals surface area contributed by atoms with Crippen molar-refractivity contribution in [3.8, 4) is 0 Å². The van der Waals surface area contributed by atoms with Gasteiger partial charge in [-0.05, 0) is 25.2 Å². The lowest BCUT2D eigenvalue weighted by atomic mass is 9.98. The number of hydrogen-bond acceptors (Lipinski definition) is 2. The highest BCUT2D eigenvalue weighted by molar-refractivity contribution is 4.97. The molecule has 0 saturated heterocycles. The van der Waals surface area contributed by atoms with Crippen LogP contribution < -0.4 is 0 Å². The van der Waals surface area contributed by atoms with Gasteiger partial charge < -0.3 is 9.84 Å². The third-order valence-electron chi connectivity index (χ3n) is 3.07. The van der Waals surface area contributed by atoms with E-state index in [-0.39, 0.29) is 6.10 Å². The lowest BCUT2D eigenvalue weighted by molar-refractivity contribution is 0.0400. The van der Waals surface area contributed by atoms with Crippen LogP contribution in [0.2, 0.25) is 0 Å². The first-order chi connectivity index (χ1) is 4.83. The second-order valence-corrected chi connectivity index (χ2v) is 3.50. The predicted molar refractivity (Wildman–Crippen MR) is 37.6 cm³/mol. The van der Waals surface area contributed by atoms with Crippen LogP contribution in [0.4, 0.5) is 0 Å². The van der Waals surface area contributed by atoms with Crippen LogP contribution in [0, 0.1) is 11.8 Å². The van der Waals surface area contributed by atoms with Crippen LogP contribution in [0.15, 0.2) is 0 Å². The highest BCUT2D eigenvalue weighted by Gasteiger charge is 2.47. The number of methoxy groups -OCH3 is 1. The molecule has 0 unspecified atom stereocenters. The van der Waals surface area contributed by atoms with Crippen molar-refractivity contribution in [3.63, 3.8) is 0 Å². The lowest BCUT2D eigenvalue weighted by Gasteiger charge is -2.15. The average Bonchev–Trinajstić information content (AvgIpc) is 2.42. The minimum atomic E-state index is -0.0660. The van der Waals surface area contributed by atoms with Crippen molar-refractivity contribution in [2.45, 2.75) is 31.5 Å². The Hall–Kier alpha value is -0.0800. The molecule has 0 heterocycles. The zero-order valence-electron chi connectivity index (χ0n) is 6.29. The highest BCUT2D eigenvalue weighted by atomic mass is 16.5. The quantitative estimate of drug-likeness (QED) is 0.586. The maximum atomic E-state index is 9.44. The fraction of sp³-hybridized carbons (Fsp3) is 1.00. The van der Waals surface area contributed by atoms with E-state index in [9.17, 15) is 5.11 Å². The van der Waals surface area contributed by atoms with Gasteiger partial charge in [0.25, 0.3) is 0 Å². The normalized spacial score (nSPS) is 52.2. The second-order valence-electron chi connectivity index (χ2n) is 3.50. The first kappa shape index (κ1) is 6.62. The van der Waals surface area contributed by atoms with Crippen molar-refractivity contribution >= 4 is 0 Å². The van der Waals surface area contributed by atoms with E-state index in [1.807, 2.05) is 0 Å². The zero-order valence-corrected chi connectivity index (χ0v) is 6.29. The Balaban J connectivity index is 2.11. The first-order valence-corrected chi connectivity index (χ1v) is 4.04. The van der Waals surface area contributed by atoms with Gasteiger partial charge in [0.15, 0.2) is 0 Å². The predicted octanol–water partition coefficient (Wildman–Crippen LogP) is 0.792. The molecule has 2 rings (SSSR count). The monoisotopic (exact) mass is 142 g/mol. The summed E-state index contributed by atoms with van der Waals surface area (Å²) in [4.78, 5) is 0. The number of rotatable bonds is 1. The molecule has 0 aliphatic heterocycles. The van der Waals surface area contributed by atoms with Crippen LogP contribution in [0.1, 0.15) is 19.3 Å². The fourth-order valence-corrected chi connectivity index (χ4v) is 2.60. The molecule has 4 atom stereocenters. The molecule has 10 heavy (non-hydrogen) atoms. The molecule has 2 fully saturated rings. The van der Waals surface area contributed by atoms with Gasteiger partial charge in [0.2, 0.25) is 0 Å². The van der Waals surface area contributed by atoms with Crippen LogP contribution >= 0.6 is 0 Å². The Bertz CT molecular complexity index is 135. The third-order valence-corrected chi connectivity index (χ3v) is 3.07. The number of aliphatic hydroxyl groups excluding tert-OH is 1. The molecular weight excluding hydrogens is 128 g/mol. The van der Waals surface area contributed by atoms with Gasteiger partial charge in [-0.2, -0.15) is 0 Å². The van der Waals surface area contributed by atoms with Crippen molar-refractivity contribution in [3.05, 3.63) is 0 Å². The SMILES string of the molecule is CO[C@@H]1[C@H]2CC[C@H]1[C@H](O)C2. The van der Waals surface area contributed by atoms with E-state index in [1.54, 1.807) is 7.11 Å². The molecule has 2 saturated carbocycles. The van der Waals surface area contributed by atoms with Gasteiger partial charge >= 0.3 is 0 Å². The number of aliphatic hydroxyl groups is 1. The first-order valence-electron chi connectivity index (χ1n) is 4.04. The summed E-state index contributed by atoms with van der Waals surface area (Å²) in [5, 5.41) is 9.44. The summed E-state index contributed by atoms with van der Waals surface area (Å²) in [6, 6.07) is 0. The summed E-state index contributed by atoms with van der Waals surface area (Å²) in [6.07, 6.45) is 3.71. The number of hydrogen-bond donors (Lipinski definition) is 1. The Labute approximate surface area is 61.2 Å². The minimum absolute atomic E-state index is 0.0660. The largest absolute Gasteiger partial charge is 0.393 e. The van der Waals surface area contributed by atoms with Gasteiger partial charge in [-0.1, -0.05) is 0 Å². The molecule has 0 aromatic carbocycles. The van der Waals surface area contributed by atoms with Crippen molar-refractivity contribution < 1.29 is 9.84 Å². The molecule has 58 valence electrons. The molecule has 2 aliphatic rings. The van der Waals surface area contributed by atoms with Crippen LogP contribution in [-0.4, -0.2) is 24.4 Å². The molecule has 1 N–H and O–H groups in total. The summed E-state index contributed by atoms with van der Waals surface area (Å²) in [7, 11) is 1.76. The molecule has 0 aromatic heterocycles. The van der Waals surface area contributed by atoms with E-state index in [2.05, 4.69) is 0 Å². The van der Waals surface area contributed by atoms with Gasteiger partial charge in [0.05, 0.1) is 12.2 Å². The Morgan fingerprint density at radius 1 is 1.40 bits per heavy atom. The summed E-state index contributed by atoms with van der Waals surface area (Å²) in [5.41, 5.74) is 0. The maximum absolute atomic E-state index is 9.44. The van der Waals surface area contributed by atoms with E-state index in [0.717, 1.165) is 6.42 Å². The molecule has 2 bridgehead atoms. The molecule has 0 radical (unpaired) electrons. The van der Waals surface area contributed by atoms with Crippen LogP contribution in [-0.2, 0) is 4.74 Å². The van der Waals surface area contributed by atoms with Gasteiger partial charge in [0, 0.05) is 13.0 Å². The molecule has 0 aromatic rings. The van der Waals surface area contributed by atoms with E-state index >= 15 is 0 Å². The fourth-order valence-electron chi connectivity index (χ4n) is 2.60. The van der Waals surface area contributed by atoms with Crippen molar-refractivity contribution in [1.82, 2.24) is 0 Å². The standard InChI is InChI=1S/C8H14O2/c1-10-8-5-2-3-6(8)7(9)4-5/h5-9H,2-4H2,1H3/t5-,6-,7+,8+/m0/s1. The topological polar surface area (TPSA) is 29.5 Å². The highest BCUT2D eigenvalue weighted by Crippen LogP contribution is 2.46. The number of fused-ring (bicyclic) bond motifs is 2. The van der Waals surface area contributed by atoms with Crippen LogP contribution in [0.3, 0.4) is 0 Å². The molecule has 2 aliphatic carbocycles. The van der Waals surface area contributed by atoms with Gasteiger partial charge in [-0.25, -0.2) is 0 Å². The summed E-state index contributed by atoms with van der Waals surface area (Å²) in [5.74, 6) is 1.11. The summed E-state index contributed by atoms with van der Waals surface area (Å²) < 4.78 is 5.31. The molecular formula is C8H14O2. The van der Waals surface area contributed by atoms with E-state index in [4.69, 9.17) is 4.74 Å². The lowest BCUT2D eigenvalue weighted by Crippen LogP contribution is -2.21. The zero-order chi connectivity index (χ0) is 7.14. The summed E-state index contributed by atoms with van der Waals surface area (Å²) >= 11 is 0. The smallest absolute Gasteiger partial charge is 0.0653 e. The summed E-state index contributed by atoms with van der Waals surface area (Å²) in [6.45, 7) is 0. The second kappa shape index (κ2) is 2.21. The van der Waals surface area contributed by atoms with Crippen molar-refractivity contribution in [1.29, 1.82) is 0 Å². The van der Waals surface area contributed by atoms with Crippen molar-refractivity contribution in [2.75, 3.05) is 7.11 Å². The molecule has 0 amide bonds. The molecule has 2 heteroatoms. The molecule has 0 spiro atoms. The Morgan fingerprint density at radius 3 is 2.50 bits per heavy atom.